The zero-order valence-corrected chi connectivity index (χ0v) is 14.1. The minimum absolute atomic E-state index is 0.208. The van der Waals surface area contributed by atoms with Gasteiger partial charge in [-0.15, -0.1) is 6.58 Å². The van der Waals surface area contributed by atoms with Crippen molar-refractivity contribution in [2.24, 2.45) is 0 Å². The van der Waals surface area contributed by atoms with Crippen LogP contribution in [0.3, 0.4) is 0 Å². The van der Waals surface area contributed by atoms with Gasteiger partial charge in [0.05, 0.1) is 0 Å². The highest BCUT2D eigenvalue weighted by Gasteiger charge is 2.24. The Bertz CT molecular complexity index is 883. The molecule has 1 atom stereocenters. The predicted molar refractivity (Wildman–Crippen MR) is 101 cm³/mol. The summed E-state index contributed by atoms with van der Waals surface area (Å²) in [5.74, 6) is 0. The van der Waals surface area contributed by atoms with Crippen molar-refractivity contribution in [1.82, 2.24) is 4.98 Å². The van der Waals surface area contributed by atoms with Gasteiger partial charge in [-0.05, 0) is 43.5 Å². The van der Waals surface area contributed by atoms with Crippen LogP contribution in [0.1, 0.15) is 25.0 Å². The molecule has 1 heteroatoms. The number of benzene rings is 2. The summed E-state index contributed by atoms with van der Waals surface area (Å²) < 4.78 is 0. The number of H-pyrrole nitrogens is 1. The number of rotatable bonds is 4. The molecule has 1 N–H and O–H groups in total. The quantitative estimate of drug-likeness (QED) is 0.555. The summed E-state index contributed by atoms with van der Waals surface area (Å²) in [6, 6.07) is 17.1. The molecule has 3 rings (SSSR count). The second kappa shape index (κ2) is 5.58. The van der Waals surface area contributed by atoms with Crippen LogP contribution in [0.2, 0.25) is 0 Å². The van der Waals surface area contributed by atoms with Crippen LogP contribution >= 0.6 is 0 Å². The molecule has 0 spiro atoms. The number of fused-ring (bicyclic) bond motifs is 1. The molecular weight excluding hydrogens is 278 g/mol. The zero-order chi connectivity index (χ0) is 16.6. The highest BCUT2D eigenvalue weighted by atomic mass is 14.7. The van der Waals surface area contributed by atoms with E-state index in [0.29, 0.717) is 0 Å². The first kappa shape index (κ1) is 15.4. The number of aryl methyl sites for hydroxylation is 1. The minimum atomic E-state index is -0.208. The van der Waals surface area contributed by atoms with Gasteiger partial charge in [-0.3, -0.25) is 0 Å². The third kappa shape index (κ3) is 2.43. The number of hydrogen-bond acceptors (Lipinski definition) is 0. The number of aromatic amines is 1. The topological polar surface area (TPSA) is 15.8 Å². The Morgan fingerprint density at radius 2 is 1.83 bits per heavy atom. The van der Waals surface area contributed by atoms with Crippen LogP contribution in [-0.4, -0.2) is 4.98 Å². The van der Waals surface area contributed by atoms with E-state index >= 15 is 0 Å². The van der Waals surface area contributed by atoms with Gasteiger partial charge in [0.1, 0.15) is 0 Å². The fourth-order valence-corrected chi connectivity index (χ4v) is 3.09. The SMILES string of the molecule is C=CC(C)(C(=C)C)c1ccc2c(C)c(-c3ccccc3)[nH]c2c1. The molecule has 2 aromatic carbocycles. The van der Waals surface area contributed by atoms with E-state index in [9.17, 15) is 0 Å². The molecule has 1 nitrogen and oxygen atoms in total. The van der Waals surface area contributed by atoms with Gasteiger partial charge < -0.3 is 4.98 Å². The van der Waals surface area contributed by atoms with Gasteiger partial charge in [-0.1, -0.05) is 60.7 Å². The van der Waals surface area contributed by atoms with E-state index in [4.69, 9.17) is 0 Å². The van der Waals surface area contributed by atoms with Gasteiger partial charge in [0.15, 0.2) is 0 Å². The van der Waals surface area contributed by atoms with E-state index in [0.717, 1.165) is 11.1 Å². The fourth-order valence-electron chi connectivity index (χ4n) is 3.09. The molecular formula is C22H23N. The van der Waals surface area contributed by atoms with Gasteiger partial charge in [0, 0.05) is 22.0 Å². The van der Waals surface area contributed by atoms with Gasteiger partial charge >= 0.3 is 0 Å². The second-order valence-corrected chi connectivity index (χ2v) is 6.44. The molecule has 0 saturated heterocycles. The molecule has 3 aromatic rings. The molecule has 0 aliphatic carbocycles. The van der Waals surface area contributed by atoms with Crippen molar-refractivity contribution in [3.05, 3.63) is 84.5 Å². The van der Waals surface area contributed by atoms with E-state index in [-0.39, 0.29) is 5.41 Å². The maximum Gasteiger partial charge on any atom is 0.0494 e. The largest absolute Gasteiger partial charge is 0.354 e. The molecule has 0 bridgehead atoms. The Kier molecular flexibility index (Phi) is 3.73. The second-order valence-electron chi connectivity index (χ2n) is 6.44. The fraction of sp³-hybridized carbons (Fsp3) is 0.182. The molecule has 0 aliphatic heterocycles. The van der Waals surface area contributed by atoms with Crippen LogP contribution in [0.5, 0.6) is 0 Å². The van der Waals surface area contributed by atoms with Crippen molar-refractivity contribution in [3.8, 4) is 11.3 Å². The van der Waals surface area contributed by atoms with E-state index in [1.54, 1.807) is 0 Å². The van der Waals surface area contributed by atoms with Crippen molar-refractivity contribution < 1.29 is 0 Å². The van der Waals surface area contributed by atoms with Crippen LogP contribution in [-0.2, 0) is 5.41 Å². The van der Waals surface area contributed by atoms with E-state index < -0.39 is 0 Å². The molecule has 0 saturated carbocycles. The van der Waals surface area contributed by atoms with Gasteiger partial charge in [0.2, 0.25) is 0 Å². The zero-order valence-electron chi connectivity index (χ0n) is 14.1. The van der Waals surface area contributed by atoms with Crippen LogP contribution in [0.25, 0.3) is 22.2 Å². The van der Waals surface area contributed by atoms with Crippen molar-refractivity contribution >= 4 is 10.9 Å². The first-order chi connectivity index (χ1) is 11.0. The van der Waals surface area contributed by atoms with Crippen molar-refractivity contribution in [2.75, 3.05) is 0 Å². The first-order valence-electron chi connectivity index (χ1n) is 7.95. The normalized spacial score (nSPS) is 13.7. The summed E-state index contributed by atoms with van der Waals surface area (Å²) >= 11 is 0. The molecule has 0 radical (unpaired) electrons. The Morgan fingerprint density at radius 1 is 1.13 bits per heavy atom. The molecule has 1 unspecified atom stereocenters. The van der Waals surface area contributed by atoms with Crippen molar-refractivity contribution in [3.63, 3.8) is 0 Å². The van der Waals surface area contributed by atoms with Gasteiger partial charge in [0.25, 0.3) is 0 Å². The number of aromatic nitrogens is 1. The molecule has 0 aliphatic rings. The predicted octanol–water partition coefficient (Wildman–Crippen LogP) is 6.16. The maximum atomic E-state index is 4.14. The summed E-state index contributed by atoms with van der Waals surface area (Å²) in [6.07, 6.45) is 1.98. The standard InChI is InChI=1S/C22H23N/c1-6-22(5,15(2)3)18-12-13-19-16(4)21(23-20(19)14-18)17-10-8-7-9-11-17/h6-14,23H,1-2H2,3-5H3. The Morgan fingerprint density at radius 3 is 2.43 bits per heavy atom. The monoisotopic (exact) mass is 301 g/mol. The Hall–Kier alpha value is -2.54. The minimum Gasteiger partial charge on any atom is -0.354 e. The molecule has 0 amide bonds. The molecule has 1 heterocycles. The van der Waals surface area contributed by atoms with Gasteiger partial charge in [-0.25, -0.2) is 0 Å². The average molecular weight is 301 g/mol. The summed E-state index contributed by atoms with van der Waals surface area (Å²) in [6.45, 7) is 14.5. The highest BCUT2D eigenvalue weighted by Crippen LogP contribution is 2.36. The lowest BCUT2D eigenvalue weighted by molar-refractivity contribution is 0.709. The van der Waals surface area contributed by atoms with Crippen LogP contribution in [0.4, 0.5) is 0 Å². The summed E-state index contributed by atoms with van der Waals surface area (Å²) in [5, 5.41) is 1.26. The van der Waals surface area contributed by atoms with Crippen LogP contribution in [0, 0.1) is 6.92 Å². The molecule has 23 heavy (non-hydrogen) atoms. The van der Waals surface area contributed by atoms with Crippen molar-refractivity contribution in [1.29, 1.82) is 0 Å². The summed E-state index contributed by atoms with van der Waals surface area (Å²) in [7, 11) is 0. The third-order valence-corrected chi connectivity index (χ3v) is 5.02. The van der Waals surface area contributed by atoms with Gasteiger partial charge in [-0.2, -0.15) is 0 Å². The number of allylic oxidation sites excluding steroid dienone is 2. The van der Waals surface area contributed by atoms with E-state index in [2.05, 4.69) is 81.4 Å². The van der Waals surface area contributed by atoms with Crippen molar-refractivity contribution in [2.45, 2.75) is 26.2 Å². The van der Waals surface area contributed by atoms with Crippen LogP contribution in [0.15, 0.2) is 73.3 Å². The molecule has 116 valence electrons. The Labute approximate surface area is 138 Å². The summed E-state index contributed by atoms with van der Waals surface area (Å²) in [5.41, 5.74) is 6.95. The molecule has 0 fully saturated rings. The highest BCUT2D eigenvalue weighted by molar-refractivity contribution is 5.91. The third-order valence-electron chi connectivity index (χ3n) is 5.02. The van der Waals surface area contributed by atoms with E-state index in [1.807, 2.05) is 12.1 Å². The number of hydrogen-bond donors (Lipinski definition) is 1. The Balaban J connectivity index is 2.19. The average Bonchev–Trinajstić information content (AvgIpc) is 2.91. The van der Waals surface area contributed by atoms with Crippen LogP contribution < -0.4 is 0 Å². The lowest BCUT2D eigenvalue weighted by atomic mass is 9.77. The lowest BCUT2D eigenvalue weighted by Crippen LogP contribution is -2.19. The first-order valence-corrected chi connectivity index (χ1v) is 7.95. The molecule has 1 aromatic heterocycles. The number of nitrogens with one attached hydrogen (secondary N) is 1. The summed E-state index contributed by atoms with van der Waals surface area (Å²) in [4.78, 5) is 3.59. The lowest BCUT2D eigenvalue weighted by Gasteiger charge is -2.27. The van der Waals surface area contributed by atoms with E-state index in [1.165, 1.54) is 27.8 Å². The smallest absolute Gasteiger partial charge is 0.0494 e. The maximum absolute atomic E-state index is 4.14.